The molecule has 0 saturated heterocycles. The summed E-state index contributed by atoms with van der Waals surface area (Å²) in [5.41, 5.74) is 0. The predicted molar refractivity (Wildman–Crippen MR) is 86.9 cm³/mol. The molecule has 116 valence electrons. The summed E-state index contributed by atoms with van der Waals surface area (Å²) in [5.74, 6) is -0.399. The van der Waals surface area contributed by atoms with Crippen LogP contribution in [0, 0.1) is 0 Å². The molecule has 0 bridgehead atoms. The Labute approximate surface area is 130 Å². The fourth-order valence-electron chi connectivity index (χ4n) is 2.01. The first-order valence-corrected chi connectivity index (χ1v) is 8.32. The molecule has 2 aromatic rings. The van der Waals surface area contributed by atoms with Crippen LogP contribution in [0.15, 0.2) is 60.0 Å². The fraction of sp³-hybridized carbons (Fsp3) is 0.188. The molecule has 1 amide bonds. The van der Waals surface area contributed by atoms with Gasteiger partial charge >= 0.3 is 0 Å². The van der Waals surface area contributed by atoms with Crippen LogP contribution in [0.5, 0.6) is 0 Å². The van der Waals surface area contributed by atoms with Crippen LogP contribution in [-0.2, 0) is 14.8 Å². The Kier molecular flexibility index (Phi) is 4.95. The average Bonchev–Trinajstić information content (AvgIpc) is 2.51. The fourth-order valence-corrected chi connectivity index (χ4v) is 3.25. The van der Waals surface area contributed by atoms with E-state index in [1.807, 2.05) is 24.3 Å². The van der Waals surface area contributed by atoms with Crippen LogP contribution in [0.3, 0.4) is 0 Å². The van der Waals surface area contributed by atoms with E-state index in [9.17, 15) is 13.2 Å². The van der Waals surface area contributed by atoms with E-state index in [-0.39, 0.29) is 4.90 Å². The Morgan fingerprint density at radius 2 is 1.91 bits per heavy atom. The third-order valence-corrected chi connectivity index (χ3v) is 4.72. The van der Waals surface area contributed by atoms with Crippen LogP contribution >= 0.6 is 0 Å². The lowest BCUT2D eigenvalue weighted by atomic mass is 10.1. The van der Waals surface area contributed by atoms with Gasteiger partial charge in [0.15, 0.2) is 0 Å². The van der Waals surface area contributed by atoms with Gasteiger partial charge < -0.3 is 5.32 Å². The second-order valence-corrected chi connectivity index (χ2v) is 6.60. The number of carbonyl (C=O) groups excluding carboxylic acids is 1. The Balaban J connectivity index is 2.21. The maximum absolute atomic E-state index is 12.4. The molecule has 0 spiro atoms. The van der Waals surface area contributed by atoms with E-state index in [1.54, 1.807) is 12.1 Å². The van der Waals surface area contributed by atoms with Crippen LogP contribution in [0.2, 0.25) is 0 Å². The molecular weight excluding hydrogens is 300 g/mol. The van der Waals surface area contributed by atoms with E-state index >= 15 is 0 Å². The Hall–Kier alpha value is -2.18. The van der Waals surface area contributed by atoms with Crippen molar-refractivity contribution in [3.05, 3.63) is 55.1 Å². The highest BCUT2D eigenvalue weighted by atomic mass is 32.2. The molecule has 2 aromatic carbocycles. The van der Waals surface area contributed by atoms with Gasteiger partial charge in [-0.1, -0.05) is 36.4 Å². The summed E-state index contributed by atoms with van der Waals surface area (Å²) in [6.07, 6.45) is 1.53. The Morgan fingerprint density at radius 3 is 2.59 bits per heavy atom. The molecule has 0 radical (unpaired) electrons. The quantitative estimate of drug-likeness (QED) is 0.798. The van der Waals surface area contributed by atoms with E-state index in [4.69, 9.17) is 0 Å². The van der Waals surface area contributed by atoms with Gasteiger partial charge in [0.05, 0.1) is 10.9 Å². The largest absolute Gasteiger partial charge is 0.351 e. The van der Waals surface area contributed by atoms with Gasteiger partial charge in [-0.3, -0.25) is 4.79 Å². The normalized spacial score (nSPS) is 12.8. The summed E-state index contributed by atoms with van der Waals surface area (Å²) in [7, 11) is -3.76. The predicted octanol–water partition coefficient (Wildman–Crippen LogP) is 1.81. The van der Waals surface area contributed by atoms with Crippen molar-refractivity contribution in [2.45, 2.75) is 17.9 Å². The van der Waals surface area contributed by atoms with Gasteiger partial charge in [-0.05, 0) is 29.8 Å². The highest BCUT2D eigenvalue weighted by Gasteiger charge is 2.21. The second kappa shape index (κ2) is 6.72. The smallest absolute Gasteiger partial charge is 0.241 e. The molecule has 6 heteroatoms. The number of fused-ring (bicyclic) bond motifs is 1. The van der Waals surface area contributed by atoms with E-state index < -0.39 is 22.0 Å². The van der Waals surface area contributed by atoms with Crippen LogP contribution in [0.4, 0.5) is 0 Å². The lowest BCUT2D eigenvalue weighted by molar-refractivity contribution is -0.122. The third-order valence-electron chi connectivity index (χ3n) is 3.18. The van der Waals surface area contributed by atoms with Crippen molar-refractivity contribution in [2.24, 2.45) is 0 Å². The SMILES string of the molecule is C=CCNC(=O)[C@@H](C)NS(=O)(=O)c1ccc2ccccc2c1. The first-order valence-electron chi connectivity index (χ1n) is 6.84. The molecule has 2 rings (SSSR count). The first-order chi connectivity index (χ1) is 10.4. The van der Waals surface area contributed by atoms with Gasteiger partial charge in [-0.2, -0.15) is 4.72 Å². The van der Waals surface area contributed by atoms with Gasteiger partial charge in [-0.25, -0.2) is 8.42 Å². The summed E-state index contributed by atoms with van der Waals surface area (Å²) in [5, 5.41) is 4.34. The van der Waals surface area contributed by atoms with Crippen molar-refractivity contribution >= 4 is 26.7 Å². The van der Waals surface area contributed by atoms with E-state index in [0.717, 1.165) is 10.8 Å². The first kappa shape index (κ1) is 16.2. The Bertz CT molecular complexity index is 800. The van der Waals surface area contributed by atoms with E-state index in [2.05, 4.69) is 16.6 Å². The zero-order chi connectivity index (χ0) is 16.2. The molecule has 5 nitrogen and oxygen atoms in total. The van der Waals surface area contributed by atoms with Gasteiger partial charge in [0, 0.05) is 6.54 Å². The molecule has 0 aromatic heterocycles. The molecular formula is C16H18N2O3S. The minimum Gasteiger partial charge on any atom is -0.351 e. The zero-order valence-electron chi connectivity index (χ0n) is 12.2. The minimum atomic E-state index is -3.76. The van der Waals surface area contributed by atoms with Crippen molar-refractivity contribution in [3.8, 4) is 0 Å². The number of hydrogen-bond donors (Lipinski definition) is 2. The topological polar surface area (TPSA) is 75.3 Å². The molecule has 1 atom stereocenters. The van der Waals surface area contributed by atoms with Crippen molar-refractivity contribution in [1.82, 2.24) is 10.0 Å². The zero-order valence-corrected chi connectivity index (χ0v) is 13.1. The van der Waals surface area contributed by atoms with Crippen LogP contribution < -0.4 is 10.0 Å². The average molecular weight is 318 g/mol. The number of benzene rings is 2. The summed E-state index contributed by atoms with van der Waals surface area (Å²) >= 11 is 0. The number of rotatable bonds is 6. The van der Waals surface area contributed by atoms with Crippen molar-refractivity contribution < 1.29 is 13.2 Å². The molecule has 22 heavy (non-hydrogen) atoms. The highest BCUT2D eigenvalue weighted by Crippen LogP contribution is 2.19. The highest BCUT2D eigenvalue weighted by molar-refractivity contribution is 7.89. The van der Waals surface area contributed by atoms with Gasteiger partial charge in [-0.15, -0.1) is 6.58 Å². The summed E-state index contributed by atoms with van der Waals surface area (Å²) in [4.78, 5) is 11.9. The monoisotopic (exact) mass is 318 g/mol. The van der Waals surface area contributed by atoms with Crippen molar-refractivity contribution in [1.29, 1.82) is 0 Å². The van der Waals surface area contributed by atoms with Crippen LogP contribution in [0.1, 0.15) is 6.92 Å². The van der Waals surface area contributed by atoms with Gasteiger partial charge in [0.1, 0.15) is 0 Å². The summed E-state index contributed by atoms with van der Waals surface area (Å²) in [6, 6.07) is 11.5. The number of sulfonamides is 1. The number of hydrogen-bond acceptors (Lipinski definition) is 3. The lowest BCUT2D eigenvalue weighted by Gasteiger charge is -2.14. The summed E-state index contributed by atoms with van der Waals surface area (Å²) in [6.45, 7) is 5.28. The van der Waals surface area contributed by atoms with E-state index in [1.165, 1.54) is 19.1 Å². The van der Waals surface area contributed by atoms with Crippen LogP contribution in [-0.4, -0.2) is 26.9 Å². The van der Waals surface area contributed by atoms with Crippen molar-refractivity contribution in [2.75, 3.05) is 6.54 Å². The Morgan fingerprint density at radius 1 is 1.23 bits per heavy atom. The lowest BCUT2D eigenvalue weighted by Crippen LogP contribution is -2.44. The van der Waals surface area contributed by atoms with Gasteiger partial charge in [0.25, 0.3) is 0 Å². The molecule has 0 aliphatic carbocycles. The molecule has 0 aliphatic heterocycles. The second-order valence-electron chi connectivity index (χ2n) is 4.89. The number of amides is 1. The molecule has 0 heterocycles. The maximum Gasteiger partial charge on any atom is 0.241 e. The molecule has 0 unspecified atom stereocenters. The van der Waals surface area contributed by atoms with Crippen molar-refractivity contribution in [3.63, 3.8) is 0 Å². The molecule has 2 N–H and O–H groups in total. The number of carbonyl (C=O) groups is 1. The van der Waals surface area contributed by atoms with Gasteiger partial charge in [0.2, 0.25) is 15.9 Å². The third kappa shape index (κ3) is 3.72. The molecule has 0 aliphatic rings. The summed E-state index contributed by atoms with van der Waals surface area (Å²) < 4.78 is 27.1. The maximum atomic E-state index is 12.4. The number of nitrogens with one attached hydrogen (secondary N) is 2. The minimum absolute atomic E-state index is 0.134. The standard InChI is InChI=1S/C16H18N2O3S/c1-3-10-17-16(19)12(2)18-22(20,21)15-9-8-13-6-4-5-7-14(13)11-15/h3-9,11-12,18H,1,10H2,2H3,(H,17,19)/t12-/m1/s1. The molecule has 0 saturated carbocycles. The molecule has 0 fully saturated rings. The van der Waals surface area contributed by atoms with Crippen LogP contribution in [0.25, 0.3) is 10.8 Å². The van der Waals surface area contributed by atoms with E-state index in [0.29, 0.717) is 6.54 Å².